The zero-order chi connectivity index (χ0) is 11.3. The lowest BCUT2D eigenvalue weighted by Gasteiger charge is -2.21. The fraction of sp³-hybridized carbons (Fsp3) is 0.200. The molecule has 0 radical (unpaired) electrons. The Kier molecular flexibility index (Phi) is 1.70. The summed E-state index contributed by atoms with van der Waals surface area (Å²) in [6, 6.07) is 14.8. The summed E-state index contributed by atoms with van der Waals surface area (Å²) in [5.41, 5.74) is 12.2. The largest absolute Gasteiger partial charge is 0.399 e. The lowest BCUT2D eigenvalue weighted by molar-refractivity contribution is 0.660. The maximum absolute atomic E-state index is 5.88. The van der Waals surface area contributed by atoms with Crippen molar-refractivity contribution >= 4 is 5.69 Å². The molecule has 0 aliphatic heterocycles. The molecule has 0 spiro atoms. The van der Waals surface area contributed by atoms with Crippen LogP contribution in [0.4, 0.5) is 5.69 Å². The molecule has 0 saturated heterocycles. The first-order valence-corrected chi connectivity index (χ1v) is 5.60. The van der Waals surface area contributed by atoms with Crippen molar-refractivity contribution in [1.29, 1.82) is 0 Å². The van der Waals surface area contributed by atoms with E-state index in [2.05, 4.69) is 50.2 Å². The van der Waals surface area contributed by atoms with E-state index in [1.54, 1.807) is 0 Å². The monoisotopic (exact) mass is 209 g/mol. The lowest BCUT2D eigenvalue weighted by atomic mass is 9.82. The highest BCUT2D eigenvalue weighted by Gasteiger charge is 2.34. The molecule has 0 unspecified atom stereocenters. The molecular formula is C15H15N. The average molecular weight is 209 g/mol. The second-order valence-corrected chi connectivity index (χ2v) is 4.98. The molecule has 0 fully saturated rings. The maximum Gasteiger partial charge on any atom is 0.0320 e. The Labute approximate surface area is 95.9 Å². The smallest absolute Gasteiger partial charge is 0.0320 e. The van der Waals surface area contributed by atoms with E-state index < -0.39 is 0 Å². The van der Waals surface area contributed by atoms with Crippen molar-refractivity contribution in [2.45, 2.75) is 19.3 Å². The van der Waals surface area contributed by atoms with Crippen LogP contribution in [0.3, 0.4) is 0 Å². The zero-order valence-corrected chi connectivity index (χ0v) is 9.62. The van der Waals surface area contributed by atoms with Crippen LogP contribution in [0.5, 0.6) is 0 Å². The first-order chi connectivity index (χ1) is 7.60. The van der Waals surface area contributed by atoms with Gasteiger partial charge in [-0.1, -0.05) is 44.2 Å². The lowest BCUT2D eigenvalue weighted by Crippen LogP contribution is -2.14. The van der Waals surface area contributed by atoms with Gasteiger partial charge in [0.15, 0.2) is 0 Å². The number of hydrogen-bond donors (Lipinski definition) is 1. The Balaban J connectivity index is 2.40. The molecule has 0 atom stereocenters. The van der Waals surface area contributed by atoms with Crippen molar-refractivity contribution in [3.63, 3.8) is 0 Å². The molecule has 0 amide bonds. The fourth-order valence-electron chi connectivity index (χ4n) is 2.74. The van der Waals surface area contributed by atoms with Gasteiger partial charge in [0.1, 0.15) is 0 Å². The Morgan fingerprint density at radius 3 is 2.38 bits per heavy atom. The highest BCUT2D eigenvalue weighted by atomic mass is 14.5. The standard InChI is InChI=1S/C15H15N/c1-15(2)13-6-4-3-5-11(13)12-9-10(16)7-8-14(12)15/h3-9H,16H2,1-2H3. The van der Waals surface area contributed by atoms with Crippen LogP contribution in [0.2, 0.25) is 0 Å². The van der Waals surface area contributed by atoms with Gasteiger partial charge in [-0.05, 0) is 34.4 Å². The van der Waals surface area contributed by atoms with E-state index >= 15 is 0 Å². The molecule has 1 aliphatic carbocycles. The third-order valence-electron chi connectivity index (χ3n) is 3.61. The SMILES string of the molecule is CC1(C)c2ccccc2-c2cc(N)ccc21. The minimum Gasteiger partial charge on any atom is -0.399 e. The van der Waals surface area contributed by atoms with Crippen molar-refractivity contribution in [2.75, 3.05) is 5.73 Å². The number of fused-ring (bicyclic) bond motifs is 3. The summed E-state index contributed by atoms with van der Waals surface area (Å²) in [7, 11) is 0. The predicted octanol–water partition coefficient (Wildman–Crippen LogP) is 3.58. The summed E-state index contributed by atoms with van der Waals surface area (Å²) >= 11 is 0. The molecule has 0 saturated carbocycles. The van der Waals surface area contributed by atoms with Gasteiger partial charge in [0.2, 0.25) is 0 Å². The summed E-state index contributed by atoms with van der Waals surface area (Å²) in [4.78, 5) is 0. The first kappa shape index (κ1) is 9.46. The third kappa shape index (κ3) is 1.06. The van der Waals surface area contributed by atoms with Crippen LogP contribution in [-0.2, 0) is 5.41 Å². The Morgan fingerprint density at radius 1 is 0.875 bits per heavy atom. The van der Waals surface area contributed by atoms with E-state index in [1.807, 2.05) is 6.07 Å². The number of benzene rings is 2. The molecule has 80 valence electrons. The number of rotatable bonds is 0. The topological polar surface area (TPSA) is 26.0 Å². The van der Waals surface area contributed by atoms with Gasteiger partial charge < -0.3 is 5.73 Å². The van der Waals surface area contributed by atoms with E-state index in [4.69, 9.17) is 5.73 Å². The summed E-state index contributed by atoms with van der Waals surface area (Å²) < 4.78 is 0. The maximum atomic E-state index is 5.88. The zero-order valence-electron chi connectivity index (χ0n) is 9.62. The molecule has 0 bridgehead atoms. The van der Waals surface area contributed by atoms with Crippen LogP contribution in [-0.4, -0.2) is 0 Å². The van der Waals surface area contributed by atoms with E-state index in [9.17, 15) is 0 Å². The van der Waals surface area contributed by atoms with Gasteiger partial charge in [-0.2, -0.15) is 0 Å². The fourth-order valence-corrected chi connectivity index (χ4v) is 2.74. The molecule has 0 aromatic heterocycles. The second-order valence-electron chi connectivity index (χ2n) is 4.98. The van der Waals surface area contributed by atoms with Gasteiger partial charge in [-0.25, -0.2) is 0 Å². The molecule has 2 N–H and O–H groups in total. The highest BCUT2D eigenvalue weighted by molar-refractivity contribution is 5.82. The number of nitrogen functional groups attached to an aromatic ring is 1. The first-order valence-electron chi connectivity index (χ1n) is 5.60. The van der Waals surface area contributed by atoms with E-state index in [0.29, 0.717) is 0 Å². The molecule has 2 aromatic carbocycles. The van der Waals surface area contributed by atoms with Gasteiger partial charge in [0.25, 0.3) is 0 Å². The number of nitrogens with two attached hydrogens (primary N) is 1. The van der Waals surface area contributed by atoms with Gasteiger partial charge in [-0.3, -0.25) is 0 Å². The minimum absolute atomic E-state index is 0.0969. The van der Waals surface area contributed by atoms with Crippen molar-refractivity contribution in [2.24, 2.45) is 0 Å². The average Bonchev–Trinajstić information content (AvgIpc) is 2.49. The Bertz CT molecular complexity index is 567. The number of hydrogen-bond acceptors (Lipinski definition) is 1. The third-order valence-corrected chi connectivity index (χ3v) is 3.61. The van der Waals surface area contributed by atoms with Crippen molar-refractivity contribution in [3.8, 4) is 11.1 Å². The van der Waals surface area contributed by atoms with Crippen LogP contribution in [0.1, 0.15) is 25.0 Å². The van der Waals surface area contributed by atoms with E-state index in [0.717, 1.165) is 5.69 Å². The second kappa shape index (κ2) is 2.88. The normalized spacial score (nSPS) is 15.6. The van der Waals surface area contributed by atoms with Crippen LogP contribution in [0, 0.1) is 0 Å². The summed E-state index contributed by atoms with van der Waals surface area (Å²) in [6.45, 7) is 4.54. The summed E-state index contributed by atoms with van der Waals surface area (Å²) in [6.07, 6.45) is 0. The Morgan fingerprint density at radius 2 is 1.56 bits per heavy atom. The van der Waals surface area contributed by atoms with Crippen LogP contribution in [0.15, 0.2) is 42.5 Å². The van der Waals surface area contributed by atoms with Crippen molar-refractivity contribution in [3.05, 3.63) is 53.6 Å². The quantitative estimate of drug-likeness (QED) is 0.659. The molecular weight excluding hydrogens is 194 g/mol. The van der Waals surface area contributed by atoms with Crippen LogP contribution < -0.4 is 5.73 Å². The minimum atomic E-state index is 0.0969. The van der Waals surface area contributed by atoms with E-state index in [-0.39, 0.29) is 5.41 Å². The molecule has 16 heavy (non-hydrogen) atoms. The number of anilines is 1. The summed E-state index contributed by atoms with van der Waals surface area (Å²) in [5.74, 6) is 0. The van der Waals surface area contributed by atoms with Gasteiger partial charge >= 0.3 is 0 Å². The van der Waals surface area contributed by atoms with Gasteiger partial charge in [0, 0.05) is 11.1 Å². The van der Waals surface area contributed by atoms with Gasteiger partial charge in [-0.15, -0.1) is 0 Å². The van der Waals surface area contributed by atoms with Gasteiger partial charge in [0.05, 0.1) is 0 Å². The molecule has 3 rings (SSSR count). The molecule has 2 aromatic rings. The molecule has 1 heteroatoms. The van der Waals surface area contributed by atoms with Crippen LogP contribution in [0.25, 0.3) is 11.1 Å². The summed E-state index contributed by atoms with van der Waals surface area (Å²) in [5, 5.41) is 0. The molecule has 1 aliphatic rings. The molecule has 1 nitrogen and oxygen atoms in total. The van der Waals surface area contributed by atoms with E-state index in [1.165, 1.54) is 22.3 Å². The molecule has 0 heterocycles. The predicted molar refractivity (Wildman–Crippen MR) is 68.4 cm³/mol. The highest BCUT2D eigenvalue weighted by Crippen LogP contribution is 2.48. The van der Waals surface area contributed by atoms with Crippen molar-refractivity contribution in [1.82, 2.24) is 0 Å². The van der Waals surface area contributed by atoms with Crippen LogP contribution >= 0.6 is 0 Å². The Hall–Kier alpha value is -1.76. The van der Waals surface area contributed by atoms with Crippen molar-refractivity contribution < 1.29 is 0 Å².